The molecule has 2 fully saturated rings. The number of unbranched alkanes of at least 4 members (excludes halogenated alkanes) is 5. The second-order valence-electron chi connectivity index (χ2n) is 18.7. The highest BCUT2D eigenvalue weighted by molar-refractivity contribution is 5.70. The predicted octanol–water partition coefficient (Wildman–Crippen LogP) is 11.5. The number of hydrogen-bond acceptors (Lipinski definition) is 7. The van der Waals surface area contributed by atoms with Crippen molar-refractivity contribution in [1.29, 1.82) is 0 Å². The van der Waals surface area contributed by atoms with E-state index in [1.54, 1.807) is 0 Å². The van der Waals surface area contributed by atoms with Crippen LogP contribution in [0.15, 0.2) is 60.7 Å². The minimum Gasteiger partial charge on any atom is -0.462 e. The van der Waals surface area contributed by atoms with Crippen LogP contribution in [0, 0.1) is 16.7 Å². The highest BCUT2D eigenvalue weighted by Crippen LogP contribution is 2.52. The van der Waals surface area contributed by atoms with E-state index in [0.29, 0.717) is 25.4 Å². The van der Waals surface area contributed by atoms with Gasteiger partial charge in [0.05, 0.1) is 12.7 Å². The fourth-order valence-electron chi connectivity index (χ4n) is 9.40. The molecule has 7 nitrogen and oxygen atoms in total. The molecule has 53 heavy (non-hydrogen) atoms. The molecule has 2 aromatic rings. The highest BCUT2D eigenvalue weighted by Gasteiger charge is 2.50. The van der Waals surface area contributed by atoms with Gasteiger partial charge < -0.3 is 14.2 Å². The second kappa shape index (κ2) is 18.7. The molecule has 0 radical (unpaired) electrons. The van der Waals surface area contributed by atoms with E-state index in [-0.39, 0.29) is 58.3 Å². The predicted molar refractivity (Wildman–Crippen MR) is 213 cm³/mol. The van der Waals surface area contributed by atoms with Crippen LogP contribution in [0.1, 0.15) is 170 Å². The molecular formula is C46H71NO6. The van der Waals surface area contributed by atoms with Crippen molar-refractivity contribution in [2.75, 3.05) is 6.61 Å². The molecule has 2 unspecified atom stereocenters. The number of hydrogen-bond donors (Lipinski definition) is 0. The Hall–Kier alpha value is -2.74. The maximum atomic E-state index is 12.9. The standard InChI is InChI=1S/C46H71NO6/c1-34(36-23-17-15-18-24-36)50-33-40-43(3,4)29-38(30-44(40,5)6)51-41(48)27-21-13-11-12-14-22-28-42(49)52-39-31-45(7,8)47(46(9,10)32-39)53-35(2)37-25-19-16-20-26-37/h15-20,23-26,34-35,38-40H,11-14,21-22,27-33H2,1-10H3. The van der Waals surface area contributed by atoms with Crippen molar-refractivity contribution in [2.45, 2.75) is 182 Å². The number of benzene rings is 2. The van der Waals surface area contributed by atoms with Gasteiger partial charge in [-0.3, -0.25) is 14.4 Å². The smallest absolute Gasteiger partial charge is 0.306 e. The zero-order valence-electron chi connectivity index (χ0n) is 34.7. The average molecular weight is 734 g/mol. The number of piperidine rings is 1. The van der Waals surface area contributed by atoms with Gasteiger partial charge >= 0.3 is 11.9 Å². The van der Waals surface area contributed by atoms with Crippen LogP contribution in [0.2, 0.25) is 0 Å². The molecule has 0 bridgehead atoms. The lowest BCUT2D eigenvalue weighted by molar-refractivity contribution is -0.314. The number of carbonyl (C=O) groups excluding carboxylic acids is 2. The SMILES string of the molecule is CC(OCC1C(C)(C)CC(OC(=O)CCCCCCCCC(=O)OC2CC(C)(C)N(OC(C)c3ccccc3)C(C)(C)C2)CC1(C)C)c1ccccc1. The summed E-state index contributed by atoms with van der Waals surface area (Å²) in [6.07, 6.45) is 9.62. The Morgan fingerprint density at radius 2 is 1.00 bits per heavy atom. The normalized spacial score (nSPS) is 23.5. The maximum Gasteiger partial charge on any atom is 0.306 e. The molecule has 1 aliphatic heterocycles. The lowest BCUT2D eigenvalue weighted by Crippen LogP contribution is -2.62. The van der Waals surface area contributed by atoms with Crippen LogP contribution in [-0.4, -0.2) is 46.9 Å². The van der Waals surface area contributed by atoms with E-state index < -0.39 is 0 Å². The molecule has 0 spiro atoms. The van der Waals surface area contributed by atoms with E-state index in [9.17, 15) is 9.59 Å². The molecule has 1 saturated heterocycles. The summed E-state index contributed by atoms with van der Waals surface area (Å²) in [4.78, 5) is 32.2. The maximum absolute atomic E-state index is 12.9. The third-order valence-electron chi connectivity index (χ3n) is 11.9. The summed E-state index contributed by atoms with van der Waals surface area (Å²) < 4.78 is 18.5. The molecule has 296 valence electrons. The highest BCUT2D eigenvalue weighted by atomic mass is 16.7. The number of rotatable bonds is 18. The largest absolute Gasteiger partial charge is 0.462 e. The Labute approximate surface area is 321 Å². The summed E-state index contributed by atoms with van der Waals surface area (Å²) in [7, 11) is 0. The van der Waals surface area contributed by atoms with Crippen molar-refractivity contribution in [2.24, 2.45) is 16.7 Å². The molecule has 1 heterocycles. The molecule has 7 heteroatoms. The molecule has 0 N–H and O–H groups in total. The summed E-state index contributed by atoms with van der Waals surface area (Å²) in [6.45, 7) is 22.8. The van der Waals surface area contributed by atoms with E-state index >= 15 is 0 Å². The van der Waals surface area contributed by atoms with Crippen LogP contribution in [-0.2, 0) is 28.6 Å². The molecular weight excluding hydrogens is 663 g/mol. The van der Waals surface area contributed by atoms with E-state index in [1.165, 1.54) is 5.56 Å². The first kappa shape index (κ1) is 43.0. The van der Waals surface area contributed by atoms with Crippen molar-refractivity contribution in [1.82, 2.24) is 5.06 Å². The fourth-order valence-corrected chi connectivity index (χ4v) is 9.40. The van der Waals surface area contributed by atoms with Crippen LogP contribution in [0.5, 0.6) is 0 Å². The average Bonchev–Trinajstić information content (AvgIpc) is 3.06. The second-order valence-corrected chi connectivity index (χ2v) is 18.7. The Kier molecular flexibility index (Phi) is 15.2. The van der Waals surface area contributed by atoms with Gasteiger partial charge in [-0.1, -0.05) is 114 Å². The third kappa shape index (κ3) is 12.7. The molecule has 2 aliphatic rings. The first-order chi connectivity index (χ1) is 24.9. The number of ether oxygens (including phenoxy) is 3. The van der Waals surface area contributed by atoms with Gasteiger partial charge in [0.15, 0.2) is 0 Å². The van der Waals surface area contributed by atoms with Gasteiger partial charge in [-0.15, -0.1) is 0 Å². The topological polar surface area (TPSA) is 74.3 Å². The fraction of sp³-hybridized carbons (Fsp3) is 0.696. The minimum atomic E-state index is -0.286. The Morgan fingerprint density at radius 1 is 0.604 bits per heavy atom. The van der Waals surface area contributed by atoms with Crippen molar-refractivity contribution in [3.8, 4) is 0 Å². The minimum absolute atomic E-state index is 0.00324. The zero-order valence-corrected chi connectivity index (χ0v) is 34.7. The van der Waals surface area contributed by atoms with Gasteiger partial charge in [-0.25, -0.2) is 0 Å². The van der Waals surface area contributed by atoms with Crippen molar-refractivity contribution >= 4 is 11.9 Å². The van der Waals surface area contributed by atoms with Crippen molar-refractivity contribution in [3.05, 3.63) is 71.8 Å². The molecule has 4 rings (SSSR count). The third-order valence-corrected chi connectivity index (χ3v) is 11.9. The molecule has 2 atom stereocenters. The first-order valence-electron chi connectivity index (χ1n) is 20.5. The zero-order chi connectivity index (χ0) is 38.9. The van der Waals surface area contributed by atoms with E-state index in [1.807, 2.05) is 24.3 Å². The molecule has 0 aromatic heterocycles. The van der Waals surface area contributed by atoms with Crippen LogP contribution < -0.4 is 0 Å². The lowest BCUT2D eigenvalue weighted by Gasteiger charge is -2.54. The van der Waals surface area contributed by atoms with Crippen LogP contribution in [0.4, 0.5) is 0 Å². The van der Waals surface area contributed by atoms with E-state index in [4.69, 9.17) is 19.0 Å². The van der Waals surface area contributed by atoms with Gasteiger partial charge in [0, 0.05) is 36.8 Å². The lowest BCUT2D eigenvalue weighted by atomic mass is 9.56. The number of carbonyl (C=O) groups is 2. The summed E-state index contributed by atoms with van der Waals surface area (Å²) in [5.74, 6) is 0.183. The Morgan fingerprint density at radius 3 is 1.45 bits per heavy atom. The summed E-state index contributed by atoms with van der Waals surface area (Å²) >= 11 is 0. The van der Waals surface area contributed by atoms with Crippen molar-refractivity contribution < 1.29 is 28.6 Å². The van der Waals surface area contributed by atoms with Crippen molar-refractivity contribution in [3.63, 3.8) is 0 Å². The number of esters is 2. The number of nitrogens with zero attached hydrogens (tertiary/aromatic N) is 1. The Bertz CT molecular complexity index is 1380. The first-order valence-corrected chi connectivity index (χ1v) is 20.5. The van der Waals surface area contributed by atoms with E-state index in [2.05, 4.69) is 111 Å². The van der Waals surface area contributed by atoms with Crippen LogP contribution in [0.3, 0.4) is 0 Å². The summed E-state index contributed by atoms with van der Waals surface area (Å²) in [5.41, 5.74) is 1.76. The Balaban J connectivity index is 1.08. The summed E-state index contributed by atoms with van der Waals surface area (Å²) in [5, 5.41) is 2.12. The number of hydroxylamine groups is 2. The van der Waals surface area contributed by atoms with Gasteiger partial charge in [0.2, 0.25) is 0 Å². The van der Waals surface area contributed by atoms with Gasteiger partial charge in [0.1, 0.15) is 18.3 Å². The van der Waals surface area contributed by atoms with Gasteiger partial charge in [-0.2, -0.15) is 5.06 Å². The molecule has 2 aromatic carbocycles. The molecule has 1 saturated carbocycles. The molecule has 0 amide bonds. The van der Waals surface area contributed by atoms with Crippen LogP contribution >= 0.6 is 0 Å². The van der Waals surface area contributed by atoms with Gasteiger partial charge in [-0.05, 0) is 95.1 Å². The summed E-state index contributed by atoms with van der Waals surface area (Å²) in [6, 6.07) is 20.7. The monoisotopic (exact) mass is 734 g/mol. The van der Waals surface area contributed by atoms with Crippen LogP contribution in [0.25, 0.3) is 0 Å². The van der Waals surface area contributed by atoms with Gasteiger partial charge in [0.25, 0.3) is 0 Å². The quantitative estimate of drug-likeness (QED) is 0.111. The molecule has 1 aliphatic carbocycles. The van der Waals surface area contributed by atoms with E-state index in [0.717, 1.165) is 69.8 Å².